The lowest BCUT2D eigenvalue weighted by molar-refractivity contribution is 0.663. The summed E-state index contributed by atoms with van der Waals surface area (Å²) in [5, 5.41) is 8.25. The second-order valence-electron chi connectivity index (χ2n) is 13.8. The molecule has 0 radical (unpaired) electrons. The summed E-state index contributed by atoms with van der Waals surface area (Å²) in [7, 11) is 0. The van der Waals surface area contributed by atoms with Gasteiger partial charge in [-0.3, -0.25) is 0 Å². The van der Waals surface area contributed by atoms with E-state index in [4.69, 9.17) is 14.3 Å². The highest BCUT2D eigenvalue weighted by molar-refractivity contribution is 6.26. The topological polar surface area (TPSA) is 26.3 Å². The molecule has 0 aliphatic rings. The molecule has 12 aromatic rings. The summed E-state index contributed by atoms with van der Waals surface area (Å²) in [6.45, 7) is 0. The number of rotatable bonds is 3. The number of para-hydroxylation sites is 1. The zero-order chi connectivity index (χ0) is 42.3. The highest BCUT2D eigenvalue weighted by Gasteiger charge is 2.19. The van der Waals surface area contributed by atoms with Crippen LogP contribution in [0.3, 0.4) is 0 Å². The van der Waals surface area contributed by atoms with Gasteiger partial charge in [-0.1, -0.05) is 139 Å². The first kappa shape index (κ1) is 22.7. The zero-order valence-electron chi connectivity index (χ0n) is 36.5. The van der Waals surface area contributed by atoms with Crippen molar-refractivity contribution in [3.8, 4) is 33.4 Å². The zero-order valence-corrected chi connectivity index (χ0v) is 28.5. The Balaban J connectivity index is 1.08. The standard InChI is InChI=1S/C52H30O2/c1-2-12-37-31(10-1)11-9-18-38(37)50-41-15-5-3-13-39(41)49(40-14-4-6-16-42(40)50)36-23-22-32-28-33(20-21-34(32)29-36)35-24-25-44-48(30-35)54-47-27-26-46-51(52(44)47)43-17-7-8-19-45(43)53-46/h1-30H/i3D,4D,5D,6D,13D,14D,15D,16D. The van der Waals surface area contributed by atoms with Crippen LogP contribution in [-0.2, 0) is 0 Å². The molecule has 0 N–H and O–H groups in total. The van der Waals surface area contributed by atoms with Gasteiger partial charge < -0.3 is 8.83 Å². The minimum atomic E-state index is -0.429. The van der Waals surface area contributed by atoms with Crippen LogP contribution in [0.15, 0.2) is 191 Å². The quantitative estimate of drug-likeness (QED) is 0.172. The van der Waals surface area contributed by atoms with Gasteiger partial charge in [-0.2, -0.15) is 0 Å². The molecule has 0 aliphatic heterocycles. The normalized spacial score (nSPS) is 14.1. The number of furan rings is 2. The number of hydrogen-bond donors (Lipinski definition) is 0. The lowest BCUT2D eigenvalue weighted by atomic mass is 9.84. The van der Waals surface area contributed by atoms with Crippen LogP contribution in [0.2, 0.25) is 0 Å². The Bertz CT molecular complexity index is 3890. The van der Waals surface area contributed by atoms with Crippen LogP contribution in [0.1, 0.15) is 11.0 Å². The van der Waals surface area contributed by atoms with E-state index in [2.05, 4.69) is 30.3 Å². The van der Waals surface area contributed by atoms with Crippen molar-refractivity contribution in [2.75, 3.05) is 0 Å². The highest BCUT2D eigenvalue weighted by atomic mass is 16.3. The van der Waals surface area contributed by atoms with Crippen LogP contribution in [0.25, 0.3) is 120 Å². The first-order valence-electron chi connectivity index (χ1n) is 21.8. The molecule has 0 atom stereocenters. The molecule has 0 amide bonds. The third-order valence-corrected chi connectivity index (χ3v) is 10.9. The third-order valence-electron chi connectivity index (χ3n) is 10.9. The summed E-state index contributed by atoms with van der Waals surface area (Å²) in [4.78, 5) is 0. The second-order valence-corrected chi connectivity index (χ2v) is 13.8. The van der Waals surface area contributed by atoms with Gasteiger partial charge in [-0.15, -0.1) is 0 Å². The average Bonchev–Trinajstić information content (AvgIpc) is 3.87. The first-order chi connectivity index (χ1) is 30.1. The molecule has 2 nitrogen and oxygen atoms in total. The van der Waals surface area contributed by atoms with E-state index in [9.17, 15) is 5.48 Å². The van der Waals surface area contributed by atoms with Crippen molar-refractivity contribution >= 4 is 87.0 Å². The largest absolute Gasteiger partial charge is 0.456 e. The fourth-order valence-electron chi connectivity index (χ4n) is 8.47. The molecule has 250 valence electrons. The molecule has 0 saturated carbocycles. The monoisotopic (exact) mass is 694 g/mol. The molecule has 0 saturated heterocycles. The van der Waals surface area contributed by atoms with Crippen LogP contribution in [0.4, 0.5) is 0 Å². The van der Waals surface area contributed by atoms with E-state index in [1.165, 1.54) is 0 Å². The Morgan fingerprint density at radius 3 is 1.61 bits per heavy atom. The van der Waals surface area contributed by atoms with Crippen LogP contribution >= 0.6 is 0 Å². The van der Waals surface area contributed by atoms with Crippen molar-refractivity contribution in [2.24, 2.45) is 0 Å². The van der Waals surface area contributed by atoms with Gasteiger partial charge in [0.05, 0.1) is 11.0 Å². The van der Waals surface area contributed by atoms with Gasteiger partial charge >= 0.3 is 0 Å². The molecule has 0 unspecified atom stereocenters. The Morgan fingerprint density at radius 2 is 0.870 bits per heavy atom. The lowest BCUT2D eigenvalue weighted by Gasteiger charge is -2.19. The van der Waals surface area contributed by atoms with Crippen molar-refractivity contribution in [1.29, 1.82) is 0 Å². The molecule has 54 heavy (non-hydrogen) atoms. The molecule has 12 rings (SSSR count). The Hall–Kier alpha value is -7.16. The molecule has 10 aromatic carbocycles. The fraction of sp³-hybridized carbons (Fsp3) is 0. The molecule has 2 heteroatoms. The smallest absolute Gasteiger partial charge is 0.136 e. The molecule has 0 bridgehead atoms. The minimum absolute atomic E-state index is 0.187. The summed E-state index contributed by atoms with van der Waals surface area (Å²) in [5.41, 5.74) is 6.91. The third kappa shape index (κ3) is 4.22. The fourth-order valence-corrected chi connectivity index (χ4v) is 8.47. The minimum Gasteiger partial charge on any atom is -0.456 e. The van der Waals surface area contributed by atoms with Crippen LogP contribution in [0.5, 0.6) is 0 Å². The first-order valence-corrected chi connectivity index (χ1v) is 17.8. The maximum absolute atomic E-state index is 9.38. The van der Waals surface area contributed by atoms with Crippen molar-refractivity contribution in [3.63, 3.8) is 0 Å². The van der Waals surface area contributed by atoms with Gasteiger partial charge in [-0.25, -0.2) is 0 Å². The molecule has 0 aliphatic carbocycles. The predicted molar refractivity (Wildman–Crippen MR) is 227 cm³/mol. The van der Waals surface area contributed by atoms with E-state index in [1.807, 2.05) is 103 Å². The molecule has 2 aromatic heterocycles. The van der Waals surface area contributed by atoms with Crippen molar-refractivity contribution in [3.05, 3.63) is 182 Å². The van der Waals surface area contributed by atoms with E-state index in [1.54, 1.807) is 0 Å². The van der Waals surface area contributed by atoms with Gasteiger partial charge in [0.15, 0.2) is 0 Å². The van der Waals surface area contributed by atoms with E-state index in [0.717, 1.165) is 76.5 Å². The van der Waals surface area contributed by atoms with Crippen molar-refractivity contribution < 1.29 is 19.8 Å². The van der Waals surface area contributed by atoms with Gasteiger partial charge in [0.2, 0.25) is 0 Å². The average molecular weight is 695 g/mol. The van der Waals surface area contributed by atoms with Crippen LogP contribution < -0.4 is 0 Å². The summed E-state index contributed by atoms with van der Waals surface area (Å²) >= 11 is 0. The maximum Gasteiger partial charge on any atom is 0.136 e. The number of hydrogen-bond acceptors (Lipinski definition) is 2. The lowest BCUT2D eigenvalue weighted by Crippen LogP contribution is -1.91. The summed E-state index contributed by atoms with van der Waals surface area (Å²) in [6.07, 6.45) is 0. The van der Waals surface area contributed by atoms with Gasteiger partial charge in [0, 0.05) is 21.5 Å². The van der Waals surface area contributed by atoms with E-state index in [-0.39, 0.29) is 45.7 Å². The van der Waals surface area contributed by atoms with Crippen molar-refractivity contribution in [1.82, 2.24) is 0 Å². The highest BCUT2D eigenvalue weighted by Crippen LogP contribution is 2.46. The maximum atomic E-state index is 9.38. The Kier molecular flexibility index (Phi) is 4.70. The Labute approximate surface area is 321 Å². The number of benzene rings is 10. The van der Waals surface area contributed by atoms with Gasteiger partial charge in [0.1, 0.15) is 22.3 Å². The molecule has 0 fully saturated rings. The Morgan fingerprint density at radius 1 is 0.333 bits per heavy atom. The molecule has 0 spiro atoms. The van der Waals surface area contributed by atoms with E-state index >= 15 is 0 Å². The molecule has 2 heterocycles. The molecular weight excluding hydrogens is 657 g/mol. The van der Waals surface area contributed by atoms with Gasteiger partial charge in [0.25, 0.3) is 0 Å². The summed E-state index contributed by atoms with van der Waals surface area (Å²) in [6, 6.07) is 40.4. The number of fused-ring (bicyclic) bond motifs is 11. The van der Waals surface area contributed by atoms with Crippen LogP contribution in [-0.4, -0.2) is 0 Å². The van der Waals surface area contributed by atoms with Crippen LogP contribution in [0, 0.1) is 0 Å². The van der Waals surface area contributed by atoms with E-state index in [0.29, 0.717) is 22.3 Å². The predicted octanol–water partition coefficient (Wildman–Crippen LogP) is 15.1. The summed E-state index contributed by atoms with van der Waals surface area (Å²) in [5.74, 6) is 0. The molecular formula is C52H30O2. The second kappa shape index (κ2) is 11.2. The van der Waals surface area contributed by atoms with Gasteiger partial charge in [-0.05, 0) is 119 Å². The SMILES string of the molecule is [2H]c1c([2H])c([2H])c2c(-c3cccc4ccccc34)c3c([2H])c([2H])c([2H])c([2H])c3c(-c3ccc4cc(-c5ccc6c(c5)oc5ccc7oc8ccccc8c7c56)ccc4c3)c2c1[2H]. The van der Waals surface area contributed by atoms with Crippen molar-refractivity contribution in [2.45, 2.75) is 0 Å². The summed E-state index contributed by atoms with van der Waals surface area (Å²) < 4.78 is 85.4. The van der Waals surface area contributed by atoms with E-state index < -0.39 is 24.2 Å².